The first-order valence-electron chi connectivity index (χ1n) is 5.74. The van der Waals surface area contributed by atoms with Crippen LogP contribution in [0.25, 0.3) is 11.1 Å². The predicted octanol–water partition coefficient (Wildman–Crippen LogP) is 3.28. The summed E-state index contributed by atoms with van der Waals surface area (Å²) in [5, 5.41) is 9.75. The fourth-order valence-electron chi connectivity index (χ4n) is 2.75. The minimum atomic E-state index is -0.0479. The van der Waals surface area contributed by atoms with E-state index >= 15 is 0 Å². The molecular weight excluding hydrogens is 210 g/mol. The van der Waals surface area contributed by atoms with Gasteiger partial charge in [-0.05, 0) is 34.4 Å². The molecule has 0 saturated carbocycles. The maximum absolute atomic E-state index is 9.75. The van der Waals surface area contributed by atoms with Gasteiger partial charge in [-0.1, -0.05) is 38.1 Å². The third-order valence-corrected chi connectivity index (χ3v) is 3.73. The molecule has 2 aromatic carbocycles. The van der Waals surface area contributed by atoms with Crippen LogP contribution in [0.4, 0.5) is 5.69 Å². The Morgan fingerprint density at radius 1 is 1.00 bits per heavy atom. The number of nitrogen functional groups attached to an aromatic ring is 1. The molecule has 2 aromatic rings. The number of anilines is 1. The van der Waals surface area contributed by atoms with E-state index in [-0.39, 0.29) is 11.2 Å². The molecule has 86 valence electrons. The van der Waals surface area contributed by atoms with Crippen LogP contribution in [0.5, 0.6) is 5.75 Å². The van der Waals surface area contributed by atoms with E-state index in [9.17, 15) is 5.11 Å². The highest BCUT2D eigenvalue weighted by molar-refractivity contribution is 5.83. The average Bonchev–Trinajstić information content (AvgIpc) is 2.51. The zero-order chi connectivity index (χ0) is 12.2. The molecule has 0 atom stereocenters. The maximum Gasteiger partial charge on any atom is 0.139 e. The molecule has 1 aliphatic rings. The standard InChI is InChI=1S/C15H15NO/c1-15(2)11-6-4-3-5-9(11)10-7-14(17)13(16)8-12(10)15/h3-8,17H,16H2,1-2H3. The van der Waals surface area contributed by atoms with Crippen LogP contribution in [0.15, 0.2) is 36.4 Å². The molecule has 0 aliphatic heterocycles. The van der Waals surface area contributed by atoms with Gasteiger partial charge in [0.05, 0.1) is 5.69 Å². The Bertz CT molecular complexity index is 614. The van der Waals surface area contributed by atoms with Gasteiger partial charge in [0.2, 0.25) is 0 Å². The van der Waals surface area contributed by atoms with Gasteiger partial charge >= 0.3 is 0 Å². The summed E-state index contributed by atoms with van der Waals surface area (Å²) in [4.78, 5) is 0. The molecule has 3 rings (SSSR count). The first kappa shape index (κ1) is 10.2. The van der Waals surface area contributed by atoms with Crippen molar-refractivity contribution in [3.63, 3.8) is 0 Å². The van der Waals surface area contributed by atoms with Crippen molar-refractivity contribution < 1.29 is 5.11 Å². The van der Waals surface area contributed by atoms with Gasteiger partial charge < -0.3 is 10.8 Å². The van der Waals surface area contributed by atoms with Crippen molar-refractivity contribution in [3.8, 4) is 16.9 Å². The minimum Gasteiger partial charge on any atom is -0.506 e. The second-order valence-electron chi connectivity index (χ2n) is 5.13. The number of hydrogen-bond donors (Lipinski definition) is 2. The van der Waals surface area contributed by atoms with E-state index in [1.807, 2.05) is 12.1 Å². The maximum atomic E-state index is 9.75. The van der Waals surface area contributed by atoms with Crippen LogP contribution in [0.3, 0.4) is 0 Å². The molecule has 0 bridgehead atoms. The predicted molar refractivity (Wildman–Crippen MR) is 70.1 cm³/mol. The Morgan fingerprint density at radius 3 is 2.47 bits per heavy atom. The summed E-state index contributed by atoms with van der Waals surface area (Å²) in [6.45, 7) is 4.38. The van der Waals surface area contributed by atoms with Crippen molar-refractivity contribution in [2.75, 3.05) is 5.73 Å². The average molecular weight is 225 g/mol. The van der Waals surface area contributed by atoms with Gasteiger partial charge in [-0.15, -0.1) is 0 Å². The molecule has 0 spiro atoms. The Labute approximate surface area is 101 Å². The number of hydrogen-bond acceptors (Lipinski definition) is 2. The summed E-state index contributed by atoms with van der Waals surface area (Å²) < 4.78 is 0. The summed E-state index contributed by atoms with van der Waals surface area (Å²) in [7, 11) is 0. The van der Waals surface area contributed by atoms with Crippen LogP contribution in [-0.4, -0.2) is 5.11 Å². The zero-order valence-electron chi connectivity index (χ0n) is 9.99. The van der Waals surface area contributed by atoms with Crippen molar-refractivity contribution in [2.24, 2.45) is 0 Å². The van der Waals surface area contributed by atoms with Crippen molar-refractivity contribution >= 4 is 5.69 Å². The molecule has 2 heteroatoms. The van der Waals surface area contributed by atoms with Gasteiger partial charge in [0.25, 0.3) is 0 Å². The number of rotatable bonds is 0. The quantitative estimate of drug-likeness (QED) is 0.534. The van der Waals surface area contributed by atoms with E-state index in [1.54, 1.807) is 6.07 Å². The normalized spacial score (nSPS) is 15.4. The summed E-state index contributed by atoms with van der Waals surface area (Å²) in [5.41, 5.74) is 11.0. The lowest BCUT2D eigenvalue weighted by atomic mass is 9.82. The molecule has 0 heterocycles. The summed E-state index contributed by atoms with van der Waals surface area (Å²) >= 11 is 0. The number of fused-ring (bicyclic) bond motifs is 3. The first-order chi connectivity index (χ1) is 8.01. The van der Waals surface area contributed by atoms with Crippen molar-refractivity contribution in [3.05, 3.63) is 47.5 Å². The first-order valence-corrected chi connectivity index (χ1v) is 5.74. The van der Waals surface area contributed by atoms with Gasteiger partial charge in [-0.25, -0.2) is 0 Å². The van der Waals surface area contributed by atoms with Gasteiger partial charge in [0, 0.05) is 5.41 Å². The molecule has 17 heavy (non-hydrogen) atoms. The lowest BCUT2D eigenvalue weighted by Crippen LogP contribution is -2.15. The van der Waals surface area contributed by atoms with Gasteiger partial charge in [-0.3, -0.25) is 0 Å². The molecule has 1 aliphatic carbocycles. The highest BCUT2D eigenvalue weighted by atomic mass is 16.3. The van der Waals surface area contributed by atoms with Gasteiger partial charge in [0.15, 0.2) is 0 Å². The Balaban J connectivity index is 2.40. The monoisotopic (exact) mass is 225 g/mol. The number of phenolic OH excluding ortho intramolecular Hbond substituents is 1. The van der Waals surface area contributed by atoms with Gasteiger partial charge in [0.1, 0.15) is 5.75 Å². The van der Waals surface area contributed by atoms with Gasteiger partial charge in [-0.2, -0.15) is 0 Å². The Kier molecular flexibility index (Phi) is 1.82. The number of aromatic hydroxyl groups is 1. The van der Waals surface area contributed by atoms with Crippen molar-refractivity contribution in [2.45, 2.75) is 19.3 Å². The summed E-state index contributed by atoms with van der Waals surface area (Å²) in [6.07, 6.45) is 0. The zero-order valence-corrected chi connectivity index (χ0v) is 9.99. The fraction of sp³-hybridized carbons (Fsp3) is 0.200. The topological polar surface area (TPSA) is 46.2 Å². The molecule has 0 amide bonds. The minimum absolute atomic E-state index is 0.0479. The molecule has 0 aromatic heterocycles. The van der Waals surface area contributed by atoms with Crippen LogP contribution in [-0.2, 0) is 5.41 Å². The van der Waals surface area contributed by atoms with E-state index in [4.69, 9.17) is 5.73 Å². The van der Waals surface area contributed by atoms with Crippen LogP contribution < -0.4 is 5.73 Å². The molecular formula is C15H15NO. The molecule has 0 radical (unpaired) electrons. The van der Waals surface area contributed by atoms with Crippen LogP contribution in [0.1, 0.15) is 25.0 Å². The number of benzene rings is 2. The SMILES string of the molecule is CC1(C)c2ccccc2-c2cc(O)c(N)cc21. The summed E-state index contributed by atoms with van der Waals surface area (Å²) in [5.74, 6) is 0.163. The molecule has 0 saturated heterocycles. The Morgan fingerprint density at radius 2 is 1.71 bits per heavy atom. The van der Waals surface area contributed by atoms with E-state index in [0.717, 1.165) is 5.56 Å². The Hall–Kier alpha value is -1.96. The van der Waals surface area contributed by atoms with E-state index in [0.29, 0.717) is 5.69 Å². The van der Waals surface area contributed by atoms with E-state index in [2.05, 4.69) is 32.0 Å². The van der Waals surface area contributed by atoms with Crippen LogP contribution >= 0.6 is 0 Å². The lowest BCUT2D eigenvalue weighted by molar-refractivity contribution is 0.478. The highest BCUT2D eigenvalue weighted by Crippen LogP contribution is 2.50. The fourth-order valence-corrected chi connectivity index (χ4v) is 2.75. The smallest absolute Gasteiger partial charge is 0.139 e. The lowest BCUT2D eigenvalue weighted by Gasteiger charge is -2.21. The second kappa shape index (κ2) is 3.04. The number of nitrogens with two attached hydrogens (primary N) is 1. The van der Waals surface area contributed by atoms with Crippen LogP contribution in [0.2, 0.25) is 0 Å². The summed E-state index contributed by atoms with van der Waals surface area (Å²) in [6, 6.07) is 12.0. The second-order valence-corrected chi connectivity index (χ2v) is 5.13. The van der Waals surface area contributed by atoms with Crippen LogP contribution in [0, 0.1) is 0 Å². The largest absolute Gasteiger partial charge is 0.506 e. The van der Waals surface area contributed by atoms with Crippen molar-refractivity contribution in [1.29, 1.82) is 0 Å². The van der Waals surface area contributed by atoms with E-state index in [1.165, 1.54) is 16.7 Å². The van der Waals surface area contributed by atoms with Crippen molar-refractivity contribution in [1.82, 2.24) is 0 Å². The highest BCUT2D eigenvalue weighted by Gasteiger charge is 2.35. The third kappa shape index (κ3) is 1.21. The number of phenols is 1. The molecule has 2 nitrogen and oxygen atoms in total. The third-order valence-electron chi connectivity index (χ3n) is 3.73. The molecule has 0 fully saturated rings. The van der Waals surface area contributed by atoms with E-state index < -0.39 is 0 Å². The molecule has 3 N–H and O–H groups in total. The molecule has 0 unspecified atom stereocenters.